The van der Waals surface area contributed by atoms with Crippen LogP contribution in [-0.2, 0) is 16.6 Å². The summed E-state index contributed by atoms with van der Waals surface area (Å²) < 4.78 is 22.3. The Morgan fingerprint density at radius 2 is 1.71 bits per heavy atom. The smallest absolute Gasteiger partial charge is 0.252 e. The Kier molecular flexibility index (Phi) is 4.66. The van der Waals surface area contributed by atoms with E-state index in [1.165, 1.54) is 12.1 Å². The monoisotopic (exact) mass is 322 g/mol. The number of rotatable bonds is 4. The fourth-order valence-corrected chi connectivity index (χ4v) is 2.52. The number of nitrogens with two attached hydrogens (primary N) is 1. The molecule has 0 heterocycles. The van der Waals surface area contributed by atoms with E-state index in [2.05, 4.69) is 17.9 Å². The summed E-state index contributed by atoms with van der Waals surface area (Å²) in [7, 11) is -3.70. The third kappa shape index (κ3) is 4.07. The van der Waals surface area contributed by atoms with E-state index in [-0.39, 0.29) is 17.3 Å². The van der Waals surface area contributed by atoms with Crippen molar-refractivity contribution in [3.63, 3.8) is 0 Å². The highest BCUT2D eigenvalue weighted by Gasteiger charge is 2.09. The van der Waals surface area contributed by atoms with Crippen molar-refractivity contribution in [2.45, 2.75) is 16.3 Å². The number of sulfonamides is 1. The lowest BCUT2D eigenvalue weighted by molar-refractivity contribution is 0.0948. The van der Waals surface area contributed by atoms with E-state index >= 15 is 0 Å². The van der Waals surface area contributed by atoms with Gasteiger partial charge in [0, 0.05) is 11.4 Å². The minimum absolute atomic E-state index is 0.0401. The van der Waals surface area contributed by atoms with Gasteiger partial charge in [0.25, 0.3) is 5.91 Å². The summed E-state index contributed by atoms with van der Waals surface area (Å²) in [5.74, 6) is -0.240. The molecule has 0 spiro atoms. The van der Waals surface area contributed by atoms with Gasteiger partial charge in [-0.15, -0.1) is 12.6 Å². The van der Waals surface area contributed by atoms with Crippen molar-refractivity contribution in [1.29, 1.82) is 0 Å². The maximum Gasteiger partial charge on any atom is 0.252 e. The molecule has 0 unspecified atom stereocenters. The Labute approximate surface area is 128 Å². The molecule has 0 saturated heterocycles. The number of hydrogen-bond acceptors (Lipinski definition) is 4. The van der Waals surface area contributed by atoms with Crippen LogP contribution in [0.1, 0.15) is 15.9 Å². The van der Waals surface area contributed by atoms with Gasteiger partial charge in [0.05, 0.1) is 10.5 Å². The van der Waals surface area contributed by atoms with Crippen LogP contribution in [0.15, 0.2) is 58.3 Å². The van der Waals surface area contributed by atoms with Crippen molar-refractivity contribution in [3.8, 4) is 0 Å². The summed E-state index contributed by atoms with van der Waals surface area (Å²) in [6.45, 7) is 0.284. The fraction of sp³-hybridized carbons (Fsp3) is 0.0714. The zero-order valence-corrected chi connectivity index (χ0v) is 12.7. The number of thiol groups is 1. The van der Waals surface area contributed by atoms with Crippen LogP contribution < -0.4 is 10.5 Å². The van der Waals surface area contributed by atoms with Gasteiger partial charge in [0.2, 0.25) is 10.0 Å². The van der Waals surface area contributed by atoms with E-state index in [0.717, 1.165) is 5.56 Å². The highest BCUT2D eigenvalue weighted by molar-refractivity contribution is 7.89. The molecule has 2 rings (SSSR count). The highest BCUT2D eigenvalue weighted by Crippen LogP contribution is 2.13. The molecule has 0 aliphatic heterocycles. The van der Waals surface area contributed by atoms with Gasteiger partial charge in [-0.05, 0) is 29.8 Å². The van der Waals surface area contributed by atoms with Crippen LogP contribution in [0.3, 0.4) is 0 Å². The summed E-state index contributed by atoms with van der Waals surface area (Å²) in [6, 6.07) is 13.0. The maximum absolute atomic E-state index is 12.0. The third-order valence-corrected chi connectivity index (χ3v) is 4.17. The molecule has 0 aliphatic rings. The van der Waals surface area contributed by atoms with Gasteiger partial charge in [-0.3, -0.25) is 4.79 Å². The van der Waals surface area contributed by atoms with E-state index in [0.29, 0.717) is 10.5 Å². The van der Waals surface area contributed by atoms with Gasteiger partial charge in [-0.25, -0.2) is 13.6 Å². The minimum atomic E-state index is -3.70. The summed E-state index contributed by atoms with van der Waals surface area (Å²) in [6.07, 6.45) is 0. The third-order valence-electron chi connectivity index (χ3n) is 2.85. The van der Waals surface area contributed by atoms with Gasteiger partial charge < -0.3 is 5.32 Å². The van der Waals surface area contributed by atoms with Gasteiger partial charge in [-0.2, -0.15) is 0 Å². The predicted octanol–water partition coefficient (Wildman–Crippen LogP) is 1.55. The largest absolute Gasteiger partial charge is 0.348 e. The van der Waals surface area contributed by atoms with E-state index in [1.54, 1.807) is 36.4 Å². The molecule has 0 fully saturated rings. The van der Waals surface area contributed by atoms with Gasteiger partial charge in [0.15, 0.2) is 0 Å². The molecule has 0 bridgehead atoms. The Bertz CT molecular complexity index is 756. The van der Waals surface area contributed by atoms with Crippen LogP contribution in [0, 0.1) is 0 Å². The maximum atomic E-state index is 12.0. The number of amides is 1. The minimum Gasteiger partial charge on any atom is -0.348 e. The molecule has 5 nitrogen and oxygen atoms in total. The molecular formula is C14H14N2O3S2. The average molecular weight is 322 g/mol. The molecule has 2 aromatic carbocycles. The molecule has 3 N–H and O–H groups in total. The number of nitrogens with one attached hydrogen (secondary N) is 1. The number of benzene rings is 2. The van der Waals surface area contributed by atoms with Crippen molar-refractivity contribution in [1.82, 2.24) is 5.32 Å². The standard InChI is InChI=1S/C14H14N2O3S2/c15-21(18,19)11-7-5-10(6-8-11)9-16-14(17)12-3-1-2-4-13(12)20/h1-8,20H,9H2,(H,16,17)(H2,15,18,19). The summed E-state index contributed by atoms with van der Waals surface area (Å²) in [4.78, 5) is 12.6. The average Bonchev–Trinajstić information content (AvgIpc) is 2.45. The molecule has 7 heteroatoms. The first-order valence-electron chi connectivity index (χ1n) is 6.06. The molecule has 0 aromatic heterocycles. The lowest BCUT2D eigenvalue weighted by Gasteiger charge is -2.07. The summed E-state index contributed by atoms with van der Waals surface area (Å²) in [5, 5.41) is 7.76. The Morgan fingerprint density at radius 3 is 2.29 bits per heavy atom. The summed E-state index contributed by atoms with van der Waals surface area (Å²) >= 11 is 4.22. The van der Waals surface area contributed by atoms with Crippen LogP contribution >= 0.6 is 12.6 Å². The van der Waals surface area contributed by atoms with Crippen LogP contribution in [0.2, 0.25) is 0 Å². The second-order valence-electron chi connectivity index (χ2n) is 4.39. The SMILES string of the molecule is NS(=O)(=O)c1ccc(CNC(=O)c2ccccc2S)cc1. The van der Waals surface area contributed by atoms with E-state index in [9.17, 15) is 13.2 Å². The van der Waals surface area contributed by atoms with Crippen LogP contribution in [-0.4, -0.2) is 14.3 Å². The normalized spacial score (nSPS) is 11.1. The van der Waals surface area contributed by atoms with Crippen LogP contribution in [0.25, 0.3) is 0 Å². The predicted molar refractivity (Wildman–Crippen MR) is 82.7 cm³/mol. The van der Waals surface area contributed by atoms with Gasteiger partial charge >= 0.3 is 0 Å². The molecule has 0 radical (unpaired) electrons. The number of carbonyl (C=O) groups is 1. The number of carbonyl (C=O) groups excluding carboxylic acids is 1. The van der Waals surface area contributed by atoms with Gasteiger partial charge in [-0.1, -0.05) is 24.3 Å². The second-order valence-corrected chi connectivity index (χ2v) is 6.43. The lowest BCUT2D eigenvalue weighted by atomic mass is 10.2. The first-order valence-corrected chi connectivity index (χ1v) is 8.05. The fourth-order valence-electron chi connectivity index (χ4n) is 1.74. The van der Waals surface area contributed by atoms with Crippen molar-refractivity contribution in [2.24, 2.45) is 5.14 Å². The highest BCUT2D eigenvalue weighted by atomic mass is 32.2. The Balaban J connectivity index is 2.04. The second kappa shape index (κ2) is 6.30. The lowest BCUT2D eigenvalue weighted by Crippen LogP contribution is -2.23. The molecule has 0 atom stereocenters. The zero-order valence-electron chi connectivity index (χ0n) is 11.0. The van der Waals surface area contributed by atoms with Crippen molar-refractivity contribution < 1.29 is 13.2 Å². The first kappa shape index (κ1) is 15.6. The Hall–Kier alpha value is -1.83. The van der Waals surface area contributed by atoms with Gasteiger partial charge in [0.1, 0.15) is 0 Å². The molecular weight excluding hydrogens is 308 g/mol. The molecule has 110 valence electrons. The van der Waals surface area contributed by atoms with Crippen molar-refractivity contribution in [3.05, 3.63) is 59.7 Å². The number of hydrogen-bond donors (Lipinski definition) is 3. The van der Waals surface area contributed by atoms with E-state index in [4.69, 9.17) is 5.14 Å². The molecule has 21 heavy (non-hydrogen) atoms. The Morgan fingerprint density at radius 1 is 1.10 bits per heavy atom. The zero-order chi connectivity index (χ0) is 15.5. The number of primary sulfonamides is 1. The molecule has 2 aromatic rings. The topological polar surface area (TPSA) is 89.3 Å². The van der Waals surface area contributed by atoms with Crippen LogP contribution in [0.4, 0.5) is 0 Å². The van der Waals surface area contributed by atoms with E-state index in [1.807, 2.05) is 0 Å². The molecule has 0 aliphatic carbocycles. The van der Waals surface area contributed by atoms with Crippen LogP contribution in [0.5, 0.6) is 0 Å². The molecule has 1 amide bonds. The van der Waals surface area contributed by atoms with E-state index < -0.39 is 10.0 Å². The molecule has 0 saturated carbocycles. The first-order chi connectivity index (χ1) is 9.88. The summed E-state index contributed by atoms with van der Waals surface area (Å²) in [5.41, 5.74) is 1.26. The van der Waals surface area contributed by atoms with Crippen molar-refractivity contribution >= 4 is 28.6 Å². The quantitative estimate of drug-likeness (QED) is 0.746. The van der Waals surface area contributed by atoms with Crippen molar-refractivity contribution in [2.75, 3.05) is 0 Å².